The number of anilines is 2. The van der Waals surface area contributed by atoms with E-state index in [0.29, 0.717) is 11.6 Å². The summed E-state index contributed by atoms with van der Waals surface area (Å²) in [4.78, 5) is 21.8. The number of carbonyl (C=O) groups excluding carboxylic acids is 1. The van der Waals surface area contributed by atoms with E-state index in [1.54, 1.807) is 6.20 Å². The second-order valence-electron chi connectivity index (χ2n) is 7.23. The van der Waals surface area contributed by atoms with Gasteiger partial charge in [-0.15, -0.1) is 0 Å². The van der Waals surface area contributed by atoms with Gasteiger partial charge in [0.25, 0.3) is 5.91 Å². The highest BCUT2D eigenvalue weighted by Gasteiger charge is 2.38. The maximum Gasteiger partial charge on any atom is 0.259 e. The van der Waals surface area contributed by atoms with Gasteiger partial charge in [-0.2, -0.15) is 0 Å². The molecule has 1 aliphatic carbocycles. The van der Waals surface area contributed by atoms with Gasteiger partial charge in [-0.05, 0) is 55.4 Å². The van der Waals surface area contributed by atoms with Crippen LogP contribution in [-0.2, 0) is 6.42 Å². The predicted octanol–water partition coefficient (Wildman–Crippen LogP) is 3.27. The van der Waals surface area contributed by atoms with Crippen LogP contribution in [0.25, 0.3) is 0 Å². The Morgan fingerprint density at radius 3 is 2.79 bits per heavy atom. The smallest absolute Gasteiger partial charge is 0.259 e. The van der Waals surface area contributed by atoms with Gasteiger partial charge in [-0.25, -0.2) is 4.98 Å². The zero-order valence-corrected chi connectivity index (χ0v) is 13.7. The molecule has 2 bridgehead atoms. The van der Waals surface area contributed by atoms with Crippen molar-refractivity contribution in [3.63, 3.8) is 0 Å². The fraction of sp³-hybridized carbons (Fsp3) is 0.400. The van der Waals surface area contributed by atoms with Crippen LogP contribution in [0.2, 0.25) is 0 Å². The monoisotopic (exact) mass is 319 g/mol. The van der Waals surface area contributed by atoms with Crippen LogP contribution in [0.4, 0.5) is 11.5 Å². The van der Waals surface area contributed by atoms with Crippen molar-refractivity contribution in [3.05, 3.63) is 53.7 Å². The third-order valence-corrected chi connectivity index (χ3v) is 5.83. The van der Waals surface area contributed by atoms with E-state index in [9.17, 15) is 4.79 Å². The summed E-state index contributed by atoms with van der Waals surface area (Å²) in [5, 5.41) is 0. The van der Waals surface area contributed by atoms with Crippen molar-refractivity contribution in [2.45, 2.75) is 31.7 Å². The van der Waals surface area contributed by atoms with E-state index >= 15 is 0 Å². The zero-order chi connectivity index (χ0) is 16.1. The number of hydrogen-bond donors (Lipinski definition) is 0. The van der Waals surface area contributed by atoms with E-state index < -0.39 is 0 Å². The fourth-order valence-corrected chi connectivity index (χ4v) is 4.59. The Hall–Kier alpha value is -2.36. The Morgan fingerprint density at radius 2 is 2.04 bits per heavy atom. The van der Waals surface area contributed by atoms with Gasteiger partial charge >= 0.3 is 0 Å². The van der Waals surface area contributed by atoms with Crippen molar-refractivity contribution in [2.75, 3.05) is 22.9 Å². The van der Waals surface area contributed by atoms with Crippen molar-refractivity contribution in [2.24, 2.45) is 5.92 Å². The minimum absolute atomic E-state index is 0.0574. The molecule has 5 rings (SSSR count). The molecule has 2 aliphatic heterocycles. The summed E-state index contributed by atoms with van der Waals surface area (Å²) in [6.45, 7) is 1.89. The van der Waals surface area contributed by atoms with Crippen LogP contribution in [0.3, 0.4) is 0 Å². The molecule has 2 aromatic rings. The van der Waals surface area contributed by atoms with Gasteiger partial charge in [0.2, 0.25) is 0 Å². The molecule has 24 heavy (non-hydrogen) atoms. The van der Waals surface area contributed by atoms with E-state index in [4.69, 9.17) is 0 Å². The first-order valence-electron chi connectivity index (χ1n) is 8.92. The highest BCUT2D eigenvalue weighted by atomic mass is 16.2. The van der Waals surface area contributed by atoms with Crippen molar-refractivity contribution < 1.29 is 4.79 Å². The number of fused-ring (bicyclic) bond motifs is 3. The minimum atomic E-state index is 0.0574. The van der Waals surface area contributed by atoms with Gasteiger partial charge in [0.05, 0.1) is 5.56 Å². The first kappa shape index (κ1) is 14.0. The Labute approximate surface area is 142 Å². The molecule has 2 fully saturated rings. The van der Waals surface area contributed by atoms with Gasteiger partial charge in [0.15, 0.2) is 0 Å². The number of nitrogens with zero attached hydrogens (tertiary/aromatic N) is 3. The molecule has 1 aromatic heterocycles. The number of para-hydroxylation sites is 1. The Balaban J connectivity index is 1.37. The van der Waals surface area contributed by atoms with Crippen LogP contribution < -0.4 is 9.80 Å². The molecule has 1 saturated heterocycles. The third-order valence-electron chi connectivity index (χ3n) is 5.83. The summed E-state index contributed by atoms with van der Waals surface area (Å²) in [7, 11) is 0. The molecule has 2 atom stereocenters. The molecule has 3 heterocycles. The second kappa shape index (κ2) is 5.33. The number of benzene rings is 1. The molecular weight excluding hydrogens is 298 g/mol. The van der Waals surface area contributed by atoms with Crippen LogP contribution >= 0.6 is 0 Å². The molecule has 1 aromatic carbocycles. The average molecular weight is 319 g/mol. The largest absolute Gasteiger partial charge is 0.353 e. The van der Waals surface area contributed by atoms with Crippen LogP contribution in [0, 0.1) is 5.92 Å². The van der Waals surface area contributed by atoms with Gasteiger partial charge < -0.3 is 9.80 Å². The highest BCUT2D eigenvalue weighted by Crippen LogP contribution is 2.39. The molecule has 1 saturated carbocycles. The molecule has 0 spiro atoms. The molecule has 0 radical (unpaired) electrons. The molecule has 4 nitrogen and oxygen atoms in total. The standard InChI is InChI=1S/C20H21N3O/c24-20(22-10-9-15-3-1-2-4-18(15)22)16-6-8-19(21-12-16)23-13-14-5-7-17(23)11-14/h1-4,6,8,12,14,17H,5,7,9-11,13H2/t14-,17-/m0/s1. The van der Waals surface area contributed by atoms with E-state index in [2.05, 4.69) is 16.0 Å². The number of aromatic nitrogens is 1. The lowest BCUT2D eigenvalue weighted by atomic mass is 10.1. The number of amides is 1. The zero-order valence-electron chi connectivity index (χ0n) is 13.7. The second-order valence-corrected chi connectivity index (χ2v) is 7.23. The first-order valence-corrected chi connectivity index (χ1v) is 8.92. The lowest BCUT2D eigenvalue weighted by molar-refractivity contribution is 0.0989. The first-order chi connectivity index (χ1) is 11.8. The maximum atomic E-state index is 12.8. The van der Waals surface area contributed by atoms with Crippen LogP contribution in [0.15, 0.2) is 42.6 Å². The number of piperidine rings is 1. The molecule has 0 unspecified atom stereocenters. The van der Waals surface area contributed by atoms with E-state index in [1.807, 2.05) is 35.2 Å². The molecular formula is C20H21N3O. The fourth-order valence-electron chi connectivity index (χ4n) is 4.59. The SMILES string of the molecule is O=C(c1ccc(N2C[C@H]3CC[C@H]2C3)nc1)N1CCc2ccccc21. The number of rotatable bonds is 2. The highest BCUT2D eigenvalue weighted by molar-refractivity contribution is 6.07. The maximum absolute atomic E-state index is 12.8. The molecule has 3 aliphatic rings. The topological polar surface area (TPSA) is 36.4 Å². The lowest BCUT2D eigenvalue weighted by Crippen LogP contribution is -2.33. The molecule has 122 valence electrons. The van der Waals surface area contributed by atoms with Gasteiger partial charge in [-0.3, -0.25) is 4.79 Å². The quantitative estimate of drug-likeness (QED) is 0.852. The van der Waals surface area contributed by atoms with Crippen molar-refractivity contribution >= 4 is 17.4 Å². The van der Waals surface area contributed by atoms with E-state index in [0.717, 1.165) is 36.9 Å². The van der Waals surface area contributed by atoms with Crippen molar-refractivity contribution in [1.82, 2.24) is 4.98 Å². The Morgan fingerprint density at radius 1 is 1.12 bits per heavy atom. The Kier molecular flexibility index (Phi) is 3.12. The van der Waals surface area contributed by atoms with Gasteiger partial charge in [-0.1, -0.05) is 18.2 Å². The van der Waals surface area contributed by atoms with Crippen molar-refractivity contribution in [3.8, 4) is 0 Å². The van der Waals surface area contributed by atoms with Crippen LogP contribution in [0.5, 0.6) is 0 Å². The minimum Gasteiger partial charge on any atom is -0.353 e. The summed E-state index contributed by atoms with van der Waals surface area (Å²) in [6, 6.07) is 12.8. The Bertz CT molecular complexity index is 786. The summed E-state index contributed by atoms with van der Waals surface area (Å²) in [6.07, 6.45) is 6.66. The van der Waals surface area contributed by atoms with Gasteiger partial charge in [0.1, 0.15) is 5.82 Å². The molecule has 1 amide bonds. The van der Waals surface area contributed by atoms with Crippen LogP contribution in [-0.4, -0.2) is 30.0 Å². The third kappa shape index (κ3) is 2.13. The van der Waals surface area contributed by atoms with E-state index in [-0.39, 0.29) is 5.91 Å². The van der Waals surface area contributed by atoms with Crippen molar-refractivity contribution in [1.29, 1.82) is 0 Å². The summed E-state index contributed by atoms with van der Waals surface area (Å²) in [5.74, 6) is 1.93. The molecule has 0 N–H and O–H groups in total. The number of carbonyl (C=O) groups is 1. The lowest BCUT2D eigenvalue weighted by Gasteiger charge is -2.28. The van der Waals surface area contributed by atoms with E-state index in [1.165, 1.54) is 24.8 Å². The number of hydrogen-bond acceptors (Lipinski definition) is 3. The summed E-state index contributed by atoms with van der Waals surface area (Å²) in [5.41, 5.74) is 2.98. The summed E-state index contributed by atoms with van der Waals surface area (Å²) >= 11 is 0. The van der Waals surface area contributed by atoms with Gasteiger partial charge in [0, 0.05) is 31.0 Å². The average Bonchev–Trinajstić information content (AvgIpc) is 3.36. The molecule has 4 heteroatoms. The van der Waals surface area contributed by atoms with Crippen LogP contribution in [0.1, 0.15) is 35.2 Å². The summed E-state index contributed by atoms with van der Waals surface area (Å²) < 4.78 is 0. The normalized spacial score (nSPS) is 24.5. The predicted molar refractivity (Wildman–Crippen MR) is 94.5 cm³/mol. The number of pyridine rings is 1.